The number of carbonyl (C=O) groups is 2. The lowest BCUT2D eigenvalue weighted by molar-refractivity contribution is 0.0746. The molecule has 0 bridgehead atoms. The molecule has 34 heavy (non-hydrogen) atoms. The zero-order valence-corrected chi connectivity index (χ0v) is 20.4. The fraction of sp³-hybridized carbons (Fsp3) is 0.375. The second kappa shape index (κ2) is 9.07. The number of piperazine rings is 1. The van der Waals surface area contributed by atoms with Crippen LogP contribution < -0.4 is 10.2 Å². The number of rotatable bonds is 4. The number of nitrogens with one attached hydrogen (secondary N) is 1. The van der Waals surface area contributed by atoms with Crippen molar-refractivity contribution in [3.05, 3.63) is 59.7 Å². The van der Waals surface area contributed by atoms with E-state index < -0.39 is 9.84 Å². The largest absolute Gasteiger partial charge is 0.368 e. The Hall–Kier alpha value is -2.85. The molecule has 2 atom stereocenters. The number of amidine groups is 1. The molecule has 2 saturated heterocycles. The molecule has 10 heteroatoms. The summed E-state index contributed by atoms with van der Waals surface area (Å²) < 4.78 is 23.4. The molecule has 2 fully saturated rings. The average Bonchev–Trinajstić information content (AvgIpc) is 3.31. The van der Waals surface area contributed by atoms with Crippen LogP contribution in [0.4, 0.5) is 11.4 Å². The Kier molecular flexibility index (Phi) is 6.11. The van der Waals surface area contributed by atoms with E-state index in [1.807, 2.05) is 53.4 Å². The van der Waals surface area contributed by atoms with Crippen molar-refractivity contribution in [3.63, 3.8) is 0 Å². The quantitative estimate of drug-likeness (QED) is 0.647. The van der Waals surface area contributed by atoms with Crippen LogP contribution in [0.5, 0.6) is 0 Å². The molecule has 2 aromatic carbocycles. The lowest BCUT2D eigenvalue weighted by atomic mass is 10.1. The number of benzene rings is 2. The van der Waals surface area contributed by atoms with Gasteiger partial charge in [-0.05, 0) is 55.5 Å². The molecule has 0 radical (unpaired) electrons. The summed E-state index contributed by atoms with van der Waals surface area (Å²) in [7, 11) is -2.97. The zero-order chi connectivity index (χ0) is 23.9. The molecule has 1 amide bonds. The number of fused-ring (bicyclic) bond motifs is 1. The monoisotopic (exact) mass is 498 g/mol. The number of hydrogen-bond donors (Lipinski definition) is 1. The van der Waals surface area contributed by atoms with Gasteiger partial charge in [-0.3, -0.25) is 14.6 Å². The van der Waals surface area contributed by atoms with E-state index in [0.717, 1.165) is 29.6 Å². The molecule has 0 aromatic heterocycles. The third kappa shape index (κ3) is 4.83. The van der Waals surface area contributed by atoms with Gasteiger partial charge in [0.2, 0.25) is 0 Å². The van der Waals surface area contributed by atoms with Crippen LogP contribution in [0.15, 0.2) is 53.5 Å². The van der Waals surface area contributed by atoms with Crippen LogP contribution in [0.25, 0.3) is 0 Å². The fourth-order valence-corrected chi connectivity index (χ4v) is 8.17. The number of thioether (sulfide) groups is 1. The average molecular weight is 499 g/mol. The van der Waals surface area contributed by atoms with Crippen LogP contribution >= 0.6 is 11.8 Å². The molecule has 1 N–H and O–H groups in total. The molecule has 0 saturated carbocycles. The van der Waals surface area contributed by atoms with Crippen LogP contribution in [0.1, 0.15) is 27.6 Å². The van der Waals surface area contributed by atoms with Gasteiger partial charge in [-0.2, -0.15) is 0 Å². The van der Waals surface area contributed by atoms with Crippen LogP contribution in [0.3, 0.4) is 0 Å². The summed E-state index contributed by atoms with van der Waals surface area (Å²) in [6.07, 6.45) is 0. The number of amides is 1. The standard InChI is InChI=1S/C24H26N4O4S2/c1-16(29)17-4-8-20(9-5-17)27-10-12-28(13-11-27)23(30)18-2-6-19(7-3-18)25-24-26-21-14-34(31,32)15-22(21)33-24/h2-9,21-22H,10-15H2,1H3,(H,25,26)/t21-,22+/m0/s1. The van der Waals surface area contributed by atoms with E-state index >= 15 is 0 Å². The summed E-state index contributed by atoms with van der Waals surface area (Å²) in [6, 6.07) is 14.8. The number of hydrogen-bond acceptors (Lipinski definition) is 8. The fourth-order valence-electron chi connectivity index (χ4n) is 4.49. The van der Waals surface area contributed by atoms with Crippen LogP contribution in [-0.4, -0.2) is 79.2 Å². The number of aliphatic imine (C=N–C) groups is 1. The maximum absolute atomic E-state index is 13.0. The van der Waals surface area contributed by atoms with Crippen molar-refractivity contribution in [2.75, 3.05) is 47.9 Å². The van der Waals surface area contributed by atoms with E-state index in [2.05, 4.69) is 15.2 Å². The molecule has 5 rings (SSSR count). The predicted molar refractivity (Wildman–Crippen MR) is 136 cm³/mol. The van der Waals surface area contributed by atoms with Crippen molar-refractivity contribution < 1.29 is 18.0 Å². The van der Waals surface area contributed by atoms with Crippen molar-refractivity contribution >= 4 is 49.8 Å². The minimum absolute atomic E-state index is 0.000841. The highest BCUT2D eigenvalue weighted by atomic mass is 32.2. The highest BCUT2D eigenvalue weighted by molar-refractivity contribution is 8.15. The highest BCUT2D eigenvalue weighted by Gasteiger charge is 2.42. The molecular formula is C24H26N4O4S2. The third-order valence-electron chi connectivity index (χ3n) is 6.41. The molecule has 0 spiro atoms. The van der Waals surface area contributed by atoms with E-state index in [4.69, 9.17) is 0 Å². The molecule has 178 valence electrons. The molecular weight excluding hydrogens is 472 g/mol. The van der Waals surface area contributed by atoms with E-state index in [0.29, 0.717) is 24.2 Å². The Labute approximate surface area is 203 Å². The summed E-state index contributed by atoms with van der Waals surface area (Å²) in [6.45, 7) is 4.29. The molecule has 8 nitrogen and oxygen atoms in total. The van der Waals surface area contributed by atoms with Crippen molar-refractivity contribution in [1.29, 1.82) is 0 Å². The SMILES string of the molecule is CC(=O)c1ccc(N2CCN(C(=O)c3ccc(NC4=N[C@H]5CS(=O)(=O)C[C@H]5S4)cc3)CC2)cc1. The van der Waals surface area contributed by atoms with Gasteiger partial charge in [0.05, 0.1) is 17.5 Å². The summed E-state index contributed by atoms with van der Waals surface area (Å²) in [5.41, 5.74) is 3.21. The molecule has 3 heterocycles. The van der Waals surface area contributed by atoms with Gasteiger partial charge >= 0.3 is 0 Å². The first-order chi connectivity index (χ1) is 16.3. The minimum atomic E-state index is -2.97. The Morgan fingerprint density at radius 3 is 2.21 bits per heavy atom. The topological polar surface area (TPSA) is 99.2 Å². The van der Waals surface area contributed by atoms with Gasteiger partial charge in [0, 0.05) is 53.9 Å². The Morgan fingerprint density at radius 1 is 0.941 bits per heavy atom. The second-order valence-corrected chi connectivity index (χ2v) is 12.2. The van der Waals surface area contributed by atoms with Crippen LogP contribution in [0.2, 0.25) is 0 Å². The number of Topliss-reactive ketones (excluding diaryl/α,β-unsaturated/α-hetero) is 1. The maximum atomic E-state index is 13.0. The summed E-state index contributed by atoms with van der Waals surface area (Å²) in [4.78, 5) is 33.0. The highest BCUT2D eigenvalue weighted by Crippen LogP contribution is 2.34. The summed E-state index contributed by atoms with van der Waals surface area (Å²) >= 11 is 1.48. The molecule has 3 aliphatic rings. The van der Waals surface area contributed by atoms with E-state index in [-0.39, 0.29) is 34.5 Å². The van der Waals surface area contributed by atoms with Crippen molar-refractivity contribution in [3.8, 4) is 0 Å². The van der Waals surface area contributed by atoms with Crippen LogP contribution in [0, 0.1) is 0 Å². The zero-order valence-electron chi connectivity index (χ0n) is 18.8. The molecule has 2 aromatic rings. The Morgan fingerprint density at radius 2 is 1.59 bits per heavy atom. The second-order valence-electron chi connectivity index (χ2n) is 8.82. The van der Waals surface area contributed by atoms with E-state index in [1.54, 1.807) is 6.92 Å². The van der Waals surface area contributed by atoms with E-state index in [9.17, 15) is 18.0 Å². The Bertz CT molecular complexity index is 1230. The normalized spacial score (nSPS) is 23.4. The number of ketones is 1. The lowest BCUT2D eigenvalue weighted by Crippen LogP contribution is -2.48. The third-order valence-corrected chi connectivity index (χ3v) is 9.55. The lowest BCUT2D eigenvalue weighted by Gasteiger charge is -2.36. The predicted octanol–water partition coefficient (Wildman–Crippen LogP) is 2.53. The number of sulfone groups is 1. The first-order valence-corrected chi connectivity index (χ1v) is 13.9. The van der Waals surface area contributed by atoms with Gasteiger partial charge in [-0.1, -0.05) is 11.8 Å². The summed E-state index contributed by atoms with van der Waals surface area (Å²) in [5.74, 6) is 0.364. The maximum Gasteiger partial charge on any atom is 0.253 e. The van der Waals surface area contributed by atoms with Gasteiger partial charge < -0.3 is 15.1 Å². The van der Waals surface area contributed by atoms with E-state index in [1.165, 1.54) is 11.8 Å². The van der Waals surface area contributed by atoms with Gasteiger partial charge in [0.15, 0.2) is 20.8 Å². The van der Waals surface area contributed by atoms with Gasteiger partial charge in [0.25, 0.3) is 5.91 Å². The summed E-state index contributed by atoms with van der Waals surface area (Å²) in [5, 5.41) is 3.97. The smallest absolute Gasteiger partial charge is 0.253 e. The van der Waals surface area contributed by atoms with Crippen molar-refractivity contribution in [1.82, 2.24) is 4.90 Å². The van der Waals surface area contributed by atoms with Crippen LogP contribution in [-0.2, 0) is 9.84 Å². The van der Waals surface area contributed by atoms with Gasteiger partial charge in [-0.15, -0.1) is 0 Å². The number of carbonyl (C=O) groups excluding carboxylic acids is 2. The van der Waals surface area contributed by atoms with Crippen molar-refractivity contribution in [2.24, 2.45) is 4.99 Å². The van der Waals surface area contributed by atoms with Gasteiger partial charge in [-0.25, -0.2) is 8.42 Å². The number of nitrogens with zero attached hydrogens (tertiary/aromatic N) is 3. The Balaban J connectivity index is 1.15. The minimum Gasteiger partial charge on any atom is -0.368 e. The number of anilines is 2. The molecule has 3 aliphatic heterocycles. The first kappa shape index (κ1) is 22.9. The molecule has 0 aliphatic carbocycles. The first-order valence-electron chi connectivity index (χ1n) is 11.2. The van der Waals surface area contributed by atoms with Crippen molar-refractivity contribution in [2.45, 2.75) is 18.2 Å². The van der Waals surface area contributed by atoms with Gasteiger partial charge in [0.1, 0.15) is 0 Å². The molecule has 0 unspecified atom stereocenters.